The topological polar surface area (TPSA) is 74.5 Å². The minimum absolute atomic E-state index is 0.225. The fourth-order valence-corrected chi connectivity index (χ4v) is 2.14. The Morgan fingerprint density at radius 1 is 1.37 bits per heavy atom. The molecule has 1 N–H and O–H groups in total. The van der Waals surface area contributed by atoms with E-state index in [0.717, 1.165) is 32.7 Å². The quantitative estimate of drug-likeness (QED) is 0.785. The molecule has 0 spiro atoms. The van der Waals surface area contributed by atoms with Crippen molar-refractivity contribution in [1.29, 1.82) is 0 Å². The van der Waals surface area contributed by atoms with Crippen molar-refractivity contribution in [3.8, 4) is 0 Å². The molecule has 106 valence electrons. The molecule has 0 unspecified atom stereocenters. The van der Waals surface area contributed by atoms with E-state index in [4.69, 9.17) is 4.52 Å². The summed E-state index contributed by atoms with van der Waals surface area (Å²) in [5, 5.41) is 6.77. The van der Waals surface area contributed by atoms with E-state index in [9.17, 15) is 4.79 Å². The van der Waals surface area contributed by atoms with Gasteiger partial charge in [-0.3, -0.25) is 9.69 Å². The molecule has 2 heterocycles. The molecule has 0 atom stereocenters. The molecule has 1 aromatic heterocycles. The summed E-state index contributed by atoms with van der Waals surface area (Å²) in [4.78, 5) is 20.2. The highest BCUT2D eigenvalue weighted by molar-refractivity contribution is 5.76. The lowest BCUT2D eigenvalue weighted by Crippen LogP contribution is -2.48. The number of carbonyl (C=O) groups excluding carboxylic acids is 1. The molecule has 7 nitrogen and oxygen atoms in total. The molecule has 0 bridgehead atoms. The lowest BCUT2D eigenvalue weighted by Gasteiger charge is -2.34. The molecule has 1 fully saturated rings. The highest BCUT2D eigenvalue weighted by atomic mass is 16.5. The molecule has 1 amide bonds. The van der Waals surface area contributed by atoms with Gasteiger partial charge >= 0.3 is 0 Å². The first-order valence-electron chi connectivity index (χ1n) is 6.63. The third-order valence-corrected chi connectivity index (χ3v) is 3.24. The molecule has 0 aromatic carbocycles. The van der Waals surface area contributed by atoms with Gasteiger partial charge in [0, 0.05) is 39.1 Å². The van der Waals surface area contributed by atoms with Gasteiger partial charge in [0.05, 0.1) is 6.54 Å². The lowest BCUT2D eigenvalue weighted by molar-refractivity contribution is -0.132. The van der Waals surface area contributed by atoms with Crippen LogP contribution in [0, 0.1) is 6.92 Å². The summed E-state index contributed by atoms with van der Waals surface area (Å²) >= 11 is 0. The van der Waals surface area contributed by atoms with Gasteiger partial charge < -0.3 is 14.7 Å². The first-order chi connectivity index (χ1) is 9.19. The predicted molar refractivity (Wildman–Crippen MR) is 69.4 cm³/mol. The largest absolute Gasteiger partial charge is 0.340 e. The summed E-state index contributed by atoms with van der Waals surface area (Å²) in [6.45, 7) is 6.47. The number of nitrogens with zero attached hydrogens (tertiary/aromatic N) is 4. The van der Waals surface area contributed by atoms with Gasteiger partial charge in [-0.25, -0.2) is 0 Å². The molecule has 1 aromatic rings. The van der Waals surface area contributed by atoms with E-state index in [1.807, 2.05) is 18.9 Å². The van der Waals surface area contributed by atoms with Crippen LogP contribution in [0.25, 0.3) is 0 Å². The van der Waals surface area contributed by atoms with Crippen molar-refractivity contribution in [1.82, 2.24) is 25.3 Å². The van der Waals surface area contributed by atoms with Gasteiger partial charge in [-0.2, -0.15) is 4.98 Å². The van der Waals surface area contributed by atoms with Gasteiger partial charge in [-0.05, 0) is 14.0 Å². The maximum atomic E-state index is 11.9. The Bertz CT molecular complexity index is 412. The molecule has 0 aliphatic carbocycles. The fraction of sp³-hybridized carbons (Fsp3) is 0.750. The number of hydrogen-bond acceptors (Lipinski definition) is 6. The van der Waals surface area contributed by atoms with Crippen molar-refractivity contribution < 1.29 is 9.32 Å². The van der Waals surface area contributed by atoms with E-state index >= 15 is 0 Å². The molecule has 1 aliphatic heterocycles. The van der Waals surface area contributed by atoms with E-state index in [1.54, 1.807) is 0 Å². The van der Waals surface area contributed by atoms with E-state index in [-0.39, 0.29) is 5.91 Å². The van der Waals surface area contributed by atoms with Crippen molar-refractivity contribution in [2.45, 2.75) is 19.9 Å². The molecule has 2 rings (SSSR count). The SMILES string of the molecule is CNCCC(=O)N1CCN(Cc2nc(C)no2)CC1. The zero-order valence-corrected chi connectivity index (χ0v) is 11.6. The maximum Gasteiger partial charge on any atom is 0.240 e. The standard InChI is InChI=1S/C12H21N5O2/c1-10-14-11(19-15-10)9-16-5-7-17(8-6-16)12(18)3-4-13-2/h13H,3-9H2,1-2H3. The van der Waals surface area contributed by atoms with Gasteiger partial charge in [0.2, 0.25) is 11.8 Å². The van der Waals surface area contributed by atoms with E-state index in [0.29, 0.717) is 24.7 Å². The third-order valence-electron chi connectivity index (χ3n) is 3.24. The Kier molecular flexibility index (Phi) is 4.86. The molecule has 1 aliphatic rings. The molecular formula is C12H21N5O2. The Hall–Kier alpha value is -1.47. The van der Waals surface area contributed by atoms with Crippen LogP contribution in [-0.4, -0.2) is 65.6 Å². The van der Waals surface area contributed by atoms with Crippen LogP contribution in [0.5, 0.6) is 0 Å². The van der Waals surface area contributed by atoms with Crippen molar-refractivity contribution in [2.24, 2.45) is 0 Å². The second-order valence-electron chi connectivity index (χ2n) is 4.75. The third kappa shape index (κ3) is 4.00. The molecule has 1 saturated heterocycles. The van der Waals surface area contributed by atoms with Crippen molar-refractivity contribution >= 4 is 5.91 Å². The summed E-state index contributed by atoms with van der Waals surface area (Å²) in [6, 6.07) is 0. The van der Waals surface area contributed by atoms with Crippen LogP contribution in [0.1, 0.15) is 18.1 Å². The van der Waals surface area contributed by atoms with Crippen LogP contribution in [0.4, 0.5) is 0 Å². The van der Waals surface area contributed by atoms with Gasteiger partial charge in [-0.1, -0.05) is 5.16 Å². The van der Waals surface area contributed by atoms with Crippen LogP contribution in [-0.2, 0) is 11.3 Å². The van der Waals surface area contributed by atoms with Crippen molar-refractivity contribution in [3.63, 3.8) is 0 Å². The molecule has 7 heteroatoms. The average Bonchev–Trinajstić information content (AvgIpc) is 2.82. The first kappa shape index (κ1) is 14.0. The number of rotatable bonds is 5. The monoisotopic (exact) mass is 267 g/mol. The van der Waals surface area contributed by atoms with Gasteiger partial charge in [0.15, 0.2) is 5.82 Å². The van der Waals surface area contributed by atoms with E-state index in [1.165, 1.54) is 0 Å². The summed E-state index contributed by atoms with van der Waals surface area (Å²) in [7, 11) is 1.86. The van der Waals surface area contributed by atoms with Crippen LogP contribution >= 0.6 is 0 Å². The molecular weight excluding hydrogens is 246 g/mol. The molecule has 0 radical (unpaired) electrons. The minimum atomic E-state index is 0.225. The summed E-state index contributed by atoms with van der Waals surface area (Å²) in [6.07, 6.45) is 0.569. The number of carbonyl (C=O) groups is 1. The number of aromatic nitrogens is 2. The highest BCUT2D eigenvalue weighted by Crippen LogP contribution is 2.08. The number of piperazine rings is 1. The van der Waals surface area contributed by atoms with Crippen LogP contribution in [0.3, 0.4) is 0 Å². The normalized spacial score (nSPS) is 16.8. The first-order valence-corrected chi connectivity index (χ1v) is 6.63. The Morgan fingerprint density at radius 2 is 2.11 bits per heavy atom. The Labute approximate surface area is 112 Å². The molecule has 19 heavy (non-hydrogen) atoms. The van der Waals surface area contributed by atoms with E-state index in [2.05, 4.69) is 20.4 Å². The zero-order chi connectivity index (χ0) is 13.7. The minimum Gasteiger partial charge on any atom is -0.340 e. The van der Waals surface area contributed by atoms with Crippen molar-refractivity contribution in [2.75, 3.05) is 39.8 Å². The molecule has 0 saturated carbocycles. The zero-order valence-electron chi connectivity index (χ0n) is 11.6. The average molecular weight is 267 g/mol. The number of nitrogens with one attached hydrogen (secondary N) is 1. The summed E-state index contributed by atoms with van der Waals surface area (Å²) in [5.41, 5.74) is 0. The van der Waals surface area contributed by atoms with Gasteiger partial charge in [-0.15, -0.1) is 0 Å². The Balaban J connectivity index is 1.74. The summed E-state index contributed by atoms with van der Waals surface area (Å²) in [5.74, 6) is 1.53. The number of hydrogen-bond donors (Lipinski definition) is 1. The summed E-state index contributed by atoms with van der Waals surface area (Å²) < 4.78 is 5.10. The predicted octanol–water partition coefficient (Wildman–Crippen LogP) is -0.368. The fourth-order valence-electron chi connectivity index (χ4n) is 2.14. The second kappa shape index (κ2) is 6.63. The van der Waals surface area contributed by atoms with Crippen LogP contribution < -0.4 is 5.32 Å². The number of aryl methyl sites for hydroxylation is 1. The van der Waals surface area contributed by atoms with E-state index < -0.39 is 0 Å². The van der Waals surface area contributed by atoms with Crippen molar-refractivity contribution in [3.05, 3.63) is 11.7 Å². The second-order valence-corrected chi connectivity index (χ2v) is 4.75. The number of amides is 1. The van der Waals surface area contributed by atoms with Crippen LogP contribution in [0.15, 0.2) is 4.52 Å². The lowest BCUT2D eigenvalue weighted by atomic mass is 10.2. The van der Waals surface area contributed by atoms with Gasteiger partial charge in [0.25, 0.3) is 0 Å². The van der Waals surface area contributed by atoms with Crippen LogP contribution in [0.2, 0.25) is 0 Å². The van der Waals surface area contributed by atoms with Gasteiger partial charge in [0.1, 0.15) is 0 Å². The highest BCUT2D eigenvalue weighted by Gasteiger charge is 2.21. The maximum absolute atomic E-state index is 11.9. The Morgan fingerprint density at radius 3 is 2.68 bits per heavy atom. The smallest absolute Gasteiger partial charge is 0.240 e.